The average molecular weight is 355 g/mol. The molecule has 3 heterocycles. The number of esters is 1. The number of amides is 1. The second-order valence-electron chi connectivity index (χ2n) is 7.98. The van der Waals surface area contributed by atoms with E-state index in [4.69, 9.17) is 9.47 Å². The van der Waals surface area contributed by atoms with Gasteiger partial charge in [-0.25, -0.2) is 0 Å². The van der Waals surface area contributed by atoms with Crippen LogP contribution in [0.2, 0.25) is 0 Å². The normalized spacial score (nSPS) is 33.0. The van der Waals surface area contributed by atoms with Crippen LogP contribution in [0.1, 0.15) is 32.4 Å². The van der Waals surface area contributed by atoms with Gasteiger partial charge in [0.2, 0.25) is 5.91 Å². The topological polar surface area (TPSA) is 55.8 Å². The molecular weight excluding hydrogens is 330 g/mol. The van der Waals surface area contributed by atoms with E-state index in [2.05, 4.69) is 0 Å². The van der Waals surface area contributed by atoms with Crippen LogP contribution in [0.4, 0.5) is 0 Å². The van der Waals surface area contributed by atoms with Gasteiger partial charge in [0.05, 0.1) is 31.2 Å². The highest BCUT2D eigenvalue weighted by molar-refractivity contribution is 5.91. The molecule has 1 amide bonds. The fourth-order valence-corrected chi connectivity index (χ4v) is 4.38. The summed E-state index contributed by atoms with van der Waals surface area (Å²) in [4.78, 5) is 27.7. The minimum atomic E-state index is -0.688. The maximum atomic E-state index is 13.2. The summed E-state index contributed by atoms with van der Waals surface area (Å²) in [5.41, 5.74) is 0.390. The molecule has 0 unspecified atom stereocenters. The molecule has 3 aliphatic heterocycles. The van der Waals surface area contributed by atoms with Gasteiger partial charge in [-0.05, 0) is 18.4 Å². The quantitative estimate of drug-likeness (QED) is 0.602. The van der Waals surface area contributed by atoms with Gasteiger partial charge in [-0.15, -0.1) is 0 Å². The molecule has 1 aromatic rings. The molecule has 5 heteroatoms. The molecule has 138 valence electrons. The molecule has 0 N–H and O–H groups in total. The molecule has 1 aromatic carbocycles. The Morgan fingerprint density at radius 2 is 2.04 bits per heavy atom. The van der Waals surface area contributed by atoms with E-state index >= 15 is 0 Å². The third-order valence-corrected chi connectivity index (χ3v) is 5.71. The SMILES string of the molecule is CC(C)COC(=O)[C@@H]1[C@@H]2C=C[C@]3(CN([C@H](C)c4ccccc4)C(=O)[C@H]13)O2. The Hall–Kier alpha value is -2.14. The first-order valence-electron chi connectivity index (χ1n) is 9.32. The molecule has 26 heavy (non-hydrogen) atoms. The highest BCUT2D eigenvalue weighted by Gasteiger charge is 2.67. The summed E-state index contributed by atoms with van der Waals surface area (Å²) in [5.74, 6) is -1.10. The minimum absolute atomic E-state index is 0.0142. The number of hydrogen-bond acceptors (Lipinski definition) is 4. The standard InChI is InChI=1S/C21H25NO4/c1-13(2)11-25-20(24)17-16-9-10-21(26-16)12-22(19(23)18(17)21)14(3)15-7-5-4-6-8-15/h4-10,13-14,16-18H,11-12H2,1-3H3/t14-,16+,17-,18+,21-/m1/s1. The maximum absolute atomic E-state index is 13.2. The Morgan fingerprint density at radius 1 is 1.31 bits per heavy atom. The van der Waals surface area contributed by atoms with Crippen LogP contribution in [0.3, 0.4) is 0 Å². The zero-order valence-corrected chi connectivity index (χ0v) is 15.4. The molecule has 2 saturated heterocycles. The van der Waals surface area contributed by atoms with E-state index in [9.17, 15) is 9.59 Å². The van der Waals surface area contributed by atoms with Crippen LogP contribution in [0.5, 0.6) is 0 Å². The third kappa shape index (κ3) is 2.57. The number of carbonyl (C=O) groups is 2. The largest absolute Gasteiger partial charge is 0.465 e. The predicted octanol–water partition coefficient (Wildman–Crippen LogP) is 2.73. The molecule has 0 saturated carbocycles. The second-order valence-corrected chi connectivity index (χ2v) is 7.98. The summed E-state index contributed by atoms with van der Waals surface area (Å²) in [6.45, 7) is 6.86. The molecule has 5 atom stereocenters. The fraction of sp³-hybridized carbons (Fsp3) is 0.524. The number of rotatable bonds is 5. The van der Waals surface area contributed by atoms with Gasteiger partial charge in [0, 0.05) is 0 Å². The van der Waals surface area contributed by atoms with E-state index in [0.717, 1.165) is 5.56 Å². The molecule has 0 aromatic heterocycles. The predicted molar refractivity (Wildman–Crippen MR) is 96.1 cm³/mol. The van der Waals surface area contributed by atoms with Crippen molar-refractivity contribution in [3.8, 4) is 0 Å². The number of likely N-dealkylation sites (tertiary alicyclic amines) is 1. The van der Waals surface area contributed by atoms with Crippen LogP contribution in [0, 0.1) is 17.8 Å². The average Bonchev–Trinajstić information content (AvgIpc) is 3.28. The van der Waals surface area contributed by atoms with Crippen LogP contribution in [-0.4, -0.2) is 41.6 Å². The molecule has 5 nitrogen and oxygen atoms in total. The smallest absolute Gasteiger partial charge is 0.312 e. The van der Waals surface area contributed by atoms with Gasteiger partial charge < -0.3 is 14.4 Å². The van der Waals surface area contributed by atoms with E-state index in [-0.39, 0.29) is 29.9 Å². The number of carbonyl (C=O) groups excluding carboxylic acids is 2. The van der Waals surface area contributed by atoms with Gasteiger partial charge in [-0.2, -0.15) is 0 Å². The van der Waals surface area contributed by atoms with Crippen molar-refractivity contribution in [2.45, 2.75) is 38.5 Å². The van der Waals surface area contributed by atoms with Crippen molar-refractivity contribution in [2.24, 2.45) is 17.8 Å². The highest BCUT2D eigenvalue weighted by Crippen LogP contribution is 2.53. The minimum Gasteiger partial charge on any atom is -0.465 e. The van der Waals surface area contributed by atoms with Gasteiger partial charge in [0.15, 0.2) is 0 Å². The van der Waals surface area contributed by atoms with Crippen LogP contribution in [0.15, 0.2) is 42.5 Å². The van der Waals surface area contributed by atoms with Gasteiger partial charge in [0.1, 0.15) is 11.5 Å². The van der Waals surface area contributed by atoms with E-state index in [1.165, 1.54) is 0 Å². The van der Waals surface area contributed by atoms with Crippen molar-refractivity contribution >= 4 is 11.9 Å². The van der Waals surface area contributed by atoms with Gasteiger partial charge in [-0.1, -0.05) is 56.3 Å². The van der Waals surface area contributed by atoms with Gasteiger partial charge in [-0.3, -0.25) is 9.59 Å². The fourth-order valence-electron chi connectivity index (χ4n) is 4.38. The molecule has 3 aliphatic rings. The summed E-state index contributed by atoms with van der Waals surface area (Å²) >= 11 is 0. The van der Waals surface area contributed by atoms with E-state index < -0.39 is 17.4 Å². The van der Waals surface area contributed by atoms with Crippen molar-refractivity contribution in [1.82, 2.24) is 4.90 Å². The summed E-state index contributed by atoms with van der Waals surface area (Å²) in [5, 5.41) is 0. The number of nitrogens with zero attached hydrogens (tertiary/aromatic N) is 1. The number of ether oxygens (including phenoxy) is 2. The van der Waals surface area contributed by atoms with Crippen molar-refractivity contribution in [2.75, 3.05) is 13.2 Å². The summed E-state index contributed by atoms with van der Waals surface area (Å²) < 4.78 is 11.6. The lowest BCUT2D eigenvalue weighted by molar-refractivity contribution is -0.155. The molecule has 0 aliphatic carbocycles. The molecule has 2 bridgehead atoms. The van der Waals surface area contributed by atoms with Crippen molar-refractivity contribution < 1.29 is 19.1 Å². The van der Waals surface area contributed by atoms with E-state index in [1.54, 1.807) is 0 Å². The molecule has 4 rings (SSSR count). The molecule has 2 fully saturated rings. The summed E-state index contributed by atoms with van der Waals surface area (Å²) in [7, 11) is 0. The number of fused-ring (bicyclic) bond motifs is 1. The molecule has 0 radical (unpaired) electrons. The number of hydrogen-bond donors (Lipinski definition) is 0. The van der Waals surface area contributed by atoms with Gasteiger partial charge >= 0.3 is 5.97 Å². The van der Waals surface area contributed by atoms with E-state index in [1.807, 2.05) is 68.2 Å². The Balaban J connectivity index is 1.58. The molecular formula is C21H25NO4. The Labute approximate surface area is 154 Å². The van der Waals surface area contributed by atoms with Crippen molar-refractivity contribution in [3.63, 3.8) is 0 Å². The zero-order chi connectivity index (χ0) is 18.5. The maximum Gasteiger partial charge on any atom is 0.312 e. The zero-order valence-electron chi connectivity index (χ0n) is 15.4. The van der Waals surface area contributed by atoms with Crippen LogP contribution in [0.25, 0.3) is 0 Å². The number of benzene rings is 1. The first kappa shape index (κ1) is 17.3. The Bertz CT molecular complexity index is 744. The second kappa shape index (κ2) is 6.23. The van der Waals surface area contributed by atoms with Crippen LogP contribution >= 0.6 is 0 Å². The van der Waals surface area contributed by atoms with Crippen molar-refractivity contribution in [3.05, 3.63) is 48.0 Å². The first-order chi connectivity index (χ1) is 12.4. The summed E-state index contributed by atoms with van der Waals surface area (Å²) in [6, 6.07) is 9.88. The highest BCUT2D eigenvalue weighted by atomic mass is 16.6. The lowest BCUT2D eigenvalue weighted by Gasteiger charge is -2.27. The Kier molecular flexibility index (Phi) is 4.14. The van der Waals surface area contributed by atoms with E-state index in [0.29, 0.717) is 13.2 Å². The van der Waals surface area contributed by atoms with Crippen molar-refractivity contribution in [1.29, 1.82) is 0 Å². The summed E-state index contributed by atoms with van der Waals surface area (Å²) in [6.07, 6.45) is 3.55. The first-order valence-corrected chi connectivity index (χ1v) is 9.32. The lowest BCUT2D eigenvalue weighted by Crippen LogP contribution is -2.40. The van der Waals surface area contributed by atoms with Crippen LogP contribution in [-0.2, 0) is 19.1 Å². The van der Waals surface area contributed by atoms with Gasteiger partial charge in [0.25, 0.3) is 0 Å². The third-order valence-electron chi connectivity index (χ3n) is 5.71. The Morgan fingerprint density at radius 3 is 2.73 bits per heavy atom. The monoisotopic (exact) mass is 355 g/mol. The lowest BCUT2D eigenvalue weighted by atomic mass is 9.77. The van der Waals surface area contributed by atoms with Crippen LogP contribution < -0.4 is 0 Å². The molecule has 1 spiro atoms.